The van der Waals surface area contributed by atoms with Gasteiger partial charge in [-0.05, 0) is 57.2 Å². The fraction of sp³-hybridized carbons (Fsp3) is 0.571. The Hall–Kier alpha value is -2.75. The second kappa shape index (κ2) is 10.1. The summed E-state index contributed by atoms with van der Waals surface area (Å²) in [6, 6.07) is 9.14. The van der Waals surface area contributed by atoms with Crippen molar-refractivity contribution in [2.24, 2.45) is 5.92 Å². The van der Waals surface area contributed by atoms with Crippen molar-refractivity contribution < 1.29 is 4.74 Å². The molecule has 4 aromatic rings. The van der Waals surface area contributed by atoms with Crippen LogP contribution in [-0.4, -0.2) is 71.9 Å². The molecule has 0 amide bonds. The van der Waals surface area contributed by atoms with E-state index in [-0.39, 0.29) is 18.2 Å². The topological polar surface area (TPSA) is 76.6 Å². The molecule has 2 fully saturated rings. The minimum atomic E-state index is 0.205. The summed E-state index contributed by atoms with van der Waals surface area (Å²) >= 11 is 6.40. The highest BCUT2D eigenvalue weighted by Gasteiger charge is 2.37. The SMILES string of the molecule is Cc1nc2c(N3C[C@@H](C)N([C@H](c4cccc(Cl)c4)C(C)C)C[C@@H]3C)nc3nncn3c2n1CC1CCCO1. The lowest BCUT2D eigenvalue weighted by Crippen LogP contribution is -2.58. The van der Waals surface area contributed by atoms with Gasteiger partial charge in [-0.25, -0.2) is 9.38 Å². The molecule has 3 aromatic heterocycles. The van der Waals surface area contributed by atoms with Crippen molar-refractivity contribution in [2.45, 2.75) is 78.2 Å². The van der Waals surface area contributed by atoms with Crippen molar-refractivity contribution in [3.05, 3.63) is 47.0 Å². The first-order valence-corrected chi connectivity index (χ1v) is 14.2. The summed E-state index contributed by atoms with van der Waals surface area (Å²) in [7, 11) is 0. The number of hydrogen-bond donors (Lipinski definition) is 0. The Kier molecular flexibility index (Phi) is 6.78. The molecule has 0 bridgehead atoms. The van der Waals surface area contributed by atoms with Crippen molar-refractivity contribution in [2.75, 3.05) is 24.6 Å². The predicted octanol–water partition coefficient (Wildman–Crippen LogP) is 4.91. The molecule has 5 heterocycles. The Bertz CT molecular complexity index is 1440. The van der Waals surface area contributed by atoms with Gasteiger partial charge in [-0.2, -0.15) is 4.98 Å². The summed E-state index contributed by atoms with van der Waals surface area (Å²) in [5.41, 5.74) is 3.16. The fourth-order valence-electron chi connectivity index (χ4n) is 6.45. The van der Waals surface area contributed by atoms with E-state index in [1.54, 1.807) is 6.33 Å². The van der Waals surface area contributed by atoms with E-state index >= 15 is 0 Å². The van der Waals surface area contributed by atoms with E-state index in [2.05, 4.69) is 77.4 Å². The first-order valence-electron chi connectivity index (χ1n) is 13.8. The monoisotopic (exact) mass is 536 g/mol. The summed E-state index contributed by atoms with van der Waals surface area (Å²) in [4.78, 5) is 15.1. The molecule has 0 aliphatic carbocycles. The second-order valence-electron chi connectivity index (χ2n) is 11.3. The number of benzene rings is 1. The molecule has 38 heavy (non-hydrogen) atoms. The van der Waals surface area contributed by atoms with Crippen molar-refractivity contribution in [1.82, 2.24) is 34.0 Å². The molecule has 1 aromatic carbocycles. The van der Waals surface area contributed by atoms with Crippen LogP contribution in [0.2, 0.25) is 5.02 Å². The third kappa shape index (κ3) is 4.44. The van der Waals surface area contributed by atoms with Gasteiger partial charge in [0.15, 0.2) is 11.5 Å². The smallest absolute Gasteiger partial charge is 0.258 e. The van der Waals surface area contributed by atoms with Crippen molar-refractivity contribution in [1.29, 1.82) is 0 Å². The maximum absolute atomic E-state index is 6.40. The molecular weight excluding hydrogens is 500 g/mol. The van der Waals surface area contributed by atoms with Crippen LogP contribution in [-0.2, 0) is 11.3 Å². The molecule has 4 atom stereocenters. The van der Waals surface area contributed by atoms with Crippen LogP contribution in [0, 0.1) is 12.8 Å². The van der Waals surface area contributed by atoms with Crippen LogP contribution in [0.3, 0.4) is 0 Å². The van der Waals surface area contributed by atoms with E-state index in [4.69, 9.17) is 26.3 Å². The zero-order chi connectivity index (χ0) is 26.6. The Labute approximate surface area is 228 Å². The number of rotatable bonds is 6. The number of nitrogens with zero attached hydrogens (tertiary/aromatic N) is 8. The minimum Gasteiger partial charge on any atom is -0.376 e. The van der Waals surface area contributed by atoms with Crippen LogP contribution in [0.25, 0.3) is 16.9 Å². The molecule has 202 valence electrons. The van der Waals surface area contributed by atoms with Gasteiger partial charge in [0, 0.05) is 42.8 Å². The quantitative estimate of drug-likeness (QED) is 0.346. The van der Waals surface area contributed by atoms with Gasteiger partial charge in [0.05, 0.1) is 12.6 Å². The second-order valence-corrected chi connectivity index (χ2v) is 11.7. The number of fused-ring (bicyclic) bond motifs is 3. The summed E-state index contributed by atoms with van der Waals surface area (Å²) in [5.74, 6) is 2.89. The normalized spacial score (nSPS) is 23.8. The first-order chi connectivity index (χ1) is 18.3. The van der Waals surface area contributed by atoms with Gasteiger partial charge < -0.3 is 14.2 Å². The average Bonchev–Trinajstić information content (AvgIpc) is 3.62. The number of aromatic nitrogens is 6. The lowest BCUT2D eigenvalue weighted by Gasteiger charge is -2.49. The minimum absolute atomic E-state index is 0.205. The third-order valence-electron chi connectivity index (χ3n) is 8.20. The fourth-order valence-corrected chi connectivity index (χ4v) is 6.65. The predicted molar refractivity (Wildman–Crippen MR) is 150 cm³/mol. The maximum atomic E-state index is 6.40. The molecule has 6 rings (SSSR count). The standard InChI is InChI=1S/C28H37ClN8O/c1-17(2)25(21-8-6-9-22(29)12-21)34-13-19(4)35(14-18(34)3)26-24-27(37-16-30-33-28(37)32-26)36(20(5)31-24)15-23-10-7-11-38-23/h6,8-9,12,16-19,23,25H,7,10-11,13-15H2,1-5H3/t18-,19+,23?,25+/m1/s1. The van der Waals surface area contributed by atoms with Crippen LogP contribution in [0.1, 0.15) is 58.0 Å². The van der Waals surface area contributed by atoms with Crippen molar-refractivity contribution >= 4 is 34.4 Å². The summed E-state index contributed by atoms with van der Waals surface area (Å²) in [6.07, 6.45) is 4.13. The first kappa shape index (κ1) is 25.5. The number of anilines is 1. The number of halogens is 1. The molecule has 2 aliphatic rings. The lowest BCUT2D eigenvalue weighted by atomic mass is 9.91. The van der Waals surface area contributed by atoms with E-state index in [1.807, 2.05) is 10.5 Å². The van der Waals surface area contributed by atoms with E-state index in [0.29, 0.717) is 17.7 Å². The van der Waals surface area contributed by atoms with Crippen molar-refractivity contribution in [3.63, 3.8) is 0 Å². The van der Waals surface area contributed by atoms with Gasteiger partial charge in [0.2, 0.25) is 0 Å². The Morgan fingerprint density at radius 3 is 2.71 bits per heavy atom. The van der Waals surface area contributed by atoms with Crippen LogP contribution in [0.4, 0.5) is 5.82 Å². The molecule has 0 N–H and O–H groups in total. The summed E-state index contributed by atoms with van der Waals surface area (Å²) in [6.45, 7) is 14.6. The van der Waals surface area contributed by atoms with E-state index in [0.717, 1.165) is 66.9 Å². The molecule has 0 spiro atoms. The highest BCUT2D eigenvalue weighted by Crippen LogP contribution is 2.37. The largest absolute Gasteiger partial charge is 0.376 e. The molecule has 0 saturated carbocycles. The van der Waals surface area contributed by atoms with Gasteiger partial charge in [0.25, 0.3) is 5.78 Å². The zero-order valence-electron chi connectivity index (χ0n) is 22.9. The molecule has 9 nitrogen and oxygen atoms in total. The Morgan fingerprint density at radius 1 is 1.13 bits per heavy atom. The van der Waals surface area contributed by atoms with Crippen molar-refractivity contribution in [3.8, 4) is 0 Å². The van der Waals surface area contributed by atoms with Crippen LogP contribution < -0.4 is 4.90 Å². The zero-order valence-corrected chi connectivity index (χ0v) is 23.6. The highest BCUT2D eigenvalue weighted by molar-refractivity contribution is 6.30. The van der Waals surface area contributed by atoms with Crippen LogP contribution >= 0.6 is 11.6 Å². The summed E-state index contributed by atoms with van der Waals surface area (Å²) < 4.78 is 10.2. The van der Waals surface area contributed by atoms with E-state index < -0.39 is 0 Å². The molecule has 2 saturated heterocycles. The van der Waals surface area contributed by atoms with Gasteiger partial charge in [-0.3, -0.25) is 4.90 Å². The maximum Gasteiger partial charge on any atom is 0.258 e. The molecule has 2 aliphatic heterocycles. The van der Waals surface area contributed by atoms with Gasteiger partial charge in [-0.15, -0.1) is 10.2 Å². The Balaban J connectivity index is 1.37. The Morgan fingerprint density at radius 2 is 1.97 bits per heavy atom. The molecule has 1 unspecified atom stereocenters. The molecule has 0 radical (unpaired) electrons. The number of hydrogen-bond acceptors (Lipinski definition) is 7. The molecular formula is C28H37ClN8O. The van der Waals surface area contributed by atoms with E-state index in [9.17, 15) is 0 Å². The third-order valence-corrected chi connectivity index (χ3v) is 8.44. The number of ether oxygens (including phenoxy) is 1. The van der Waals surface area contributed by atoms with Crippen LogP contribution in [0.15, 0.2) is 30.6 Å². The molecule has 10 heteroatoms. The highest BCUT2D eigenvalue weighted by atomic mass is 35.5. The number of imidazole rings is 1. The van der Waals surface area contributed by atoms with Gasteiger partial charge >= 0.3 is 0 Å². The lowest BCUT2D eigenvalue weighted by molar-refractivity contribution is 0.0822. The summed E-state index contributed by atoms with van der Waals surface area (Å²) in [5, 5.41) is 9.32. The average molecular weight is 537 g/mol. The van der Waals surface area contributed by atoms with E-state index in [1.165, 1.54) is 5.56 Å². The number of aryl methyl sites for hydroxylation is 1. The number of piperazine rings is 1. The van der Waals surface area contributed by atoms with Gasteiger partial charge in [0.1, 0.15) is 17.7 Å². The van der Waals surface area contributed by atoms with Gasteiger partial charge in [-0.1, -0.05) is 37.6 Å². The van der Waals surface area contributed by atoms with Crippen LogP contribution in [0.5, 0.6) is 0 Å².